The Morgan fingerprint density at radius 3 is 2.52 bits per heavy atom. The Morgan fingerprint density at radius 2 is 1.72 bits per heavy atom. The van der Waals surface area contributed by atoms with Crippen molar-refractivity contribution >= 4 is 16.7 Å². The third-order valence-electron chi connectivity index (χ3n) is 3.88. The zero-order chi connectivity index (χ0) is 17.5. The average molecular weight is 332 g/mol. The Kier molecular flexibility index (Phi) is 5.47. The predicted molar refractivity (Wildman–Crippen MR) is 99.8 cm³/mol. The van der Waals surface area contributed by atoms with E-state index in [-0.39, 0.29) is 12.6 Å². The SMILES string of the molecule is C=CCCOc1c(C(=O)OCc2ccccc2)ccc2ccccc12. The standard InChI is InChI=1S/C22H20O3/c1-2-3-15-24-21-19-12-8-7-11-18(19)13-14-20(21)22(23)25-16-17-9-5-4-6-10-17/h2,4-14H,1,3,15-16H2. The van der Waals surface area contributed by atoms with Crippen molar-refractivity contribution in [3.05, 3.63) is 90.5 Å². The third kappa shape index (κ3) is 4.07. The molecular formula is C22H20O3. The van der Waals surface area contributed by atoms with Crippen LogP contribution in [0.5, 0.6) is 5.75 Å². The first-order chi connectivity index (χ1) is 12.3. The van der Waals surface area contributed by atoms with Crippen LogP contribution < -0.4 is 4.74 Å². The van der Waals surface area contributed by atoms with Gasteiger partial charge in [0, 0.05) is 5.39 Å². The van der Waals surface area contributed by atoms with Crippen molar-refractivity contribution in [2.75, 3.05) is 6.61 Å². The number of hydrogen-bond donors (Lipinski definition) is 0. The van der Waals surface area contributed by atoms with Crippen molar-refractivity contribution in [3.63, 3.8) is 0 Å². The van der Waals surface area contributed by atoms with Crippen molar-refractivity contribution in [2.45, 2.75) is 13.0 Å². The number of hydrogen-bond acceptors (Lipinski definition) is 3. The molecule has 3 heteroatoms. The number of esters is 1. The molecule has 0 aliphatic heterocycles. The molecule has 3 aromatic carbocycles. The molecule has 0 saturated carbocycles. The number of benzene rings is 3. The van der Waals surface area contributed by atoms with E-state index >= 15 is 0 Å². The third-order valence-corrected chi connectivity index (χ3v) is 3.88. The van der Waals surface area contributed by atoms with Gasteiger partial charge in [0.2, 0.25) is 0 Å². The van der Waals surface area contributed by atoms with E-state index in [0.717, 1.165) is 16.3 Å². The van der Waals surface area contributed by atoms with Gasteiger partial charge in [0.25, 0.3) is 0 Å². The maximum atomic E-state index is 12.6. The molecule has 3 nitrogen and oxygen atoms in total. The Labute approximate surface area is 147 Å². The Bertz CT molecular complexity index is 869. The van der Waals surface area contributed by atoms with Crippen LogP contribution in [0.3, 0.4) is 0 Å². The highest BCUT2D eigenvalue weighted by atomic mass is 16.5. The van der Waals surface area contributed by atoms with Crippen LogP contribution >= 0.6 is 0 Å². The van der Waals surface area contributed by atoms with E-state index in [9.17, 15) is 4.79 Å². The summed E-state index contributed by atoms with van der Waals surface area (Å²) in [5.41, 5.74) is 1.39. The van der Waals surface area contributed by atoms with Crippen LogP contribution in [0.4, 0.5) is 0 Å². The molecule has 0 aliphatic rings. The Balaban J connectivity index is 1.86. The second kappa shape index (κ2) is 8.15. The van der Waals surface area contributed by atoms with Crippen molar-refractivity contribution in [1.29, 1.82) is 0 Å². The van der Waals surface area contributed by atoms with Gasteiger partial charge in [-0.2, -0.15) is 0 Å². The van der Waals surface area contributed by atoms with Crippen molar-refractivity contribution in [1.82, 2.24) is 0 Å². The van der Waals surface area contributed by atoms with Gasteiger partial charge >= 0.3 is 5.97 Å². The Hall–Kier alpha value is -3.07. The van der Waals surface area contributed by atoms with Crippen LogP contribution in [0.15, 0.2) is 79.4 Å². The smallest absolute Gasteiger partial charge is 0.342 e. The molecule has 3 rings (SSSR count). The van der Waals surface area contributed by atoms with E-state index in [0.29, 0.717) is 24.3 Å². The summed E-state index contributed by atoms with van der Waals surface area (Å²) in [5.74, 6) is 0.182. The minimum atomic E-state index is -0.386. The highest BCUT2D eigenvalue weighted by molar-refractivity contribution is 6.01. The summed E-state index contributed by atoms with van der Waals surface area (Å²) in [6, 6.07) is 21.1. The highest BCUT2D eigenvalue weighted by Gasteiger charge is 2.17. The lowest BCUT2D eigenvalue weighted by Crippen LogP contribution is -2.09. The zero-order valence-electron chi connectivity index (χ0n) is 14.0. The fourth-order valence-corrected chi connectivity index (χ4v) is 2.60. The van der Waals surface area contributed by atoms with Gasteiger partial charge in [0.1, 0.15) is 17.9 Å². The highest BCUT2D eigenvalue weighted by Crippen LogP contribution is 2.31. The topological polar surface area (TPSA) is 35.5 Å². The van der Waals surface area contributed by atoms with Gasteiger partial charge in [-0.1, -0.05) is 66.7 Å². The van der Waals surface area contributed by atoms with E-state index in [1.807, 2.05) is 60.7 Å². The largest absolute Gasteiger partial charge is 0.492 e. The van der Waals surface area contributed by atoms with Gasteiger partial charge in [-0.15, -0.1) is 6.58 Å². The molecule has 0 amide bonds. The summed E-state index contributed by atoms with van der Waals surface area (Å²) in [5, 5.41) is 1.93. The molecule has 0 saturated heterocycles. The van der Waals surface area contributed by atoms with E-state index in [1.165, 1.54) is 0 Å². The second-order valence-corrected chi connectivity index (χ2v) is 5.65. The molecule has 126 valence electrons. The summed E-state index contributed by atoms with van der Waals surface area (Å²) in [6.07, 6.45) is 2.50. The van der Waals surface area contributed by atoms with Crippen LogP contribution in [0.1, 0.15) is 22.3 Å². The lowest BCUT2D eigenvalue weighted by molar-refractivity contribution is 0.0468. The molecular weight excluding hydrogens is 312 g/mol. The molecule has 0 aliphatic carbocycles. The van der Waals surface area contributed by atoms with Crippen LogP contribution in [0.25, 0.3) is 10.8 Å². The lowest BCUT2D eigenvalue weighted by atomic mass is 10.1. The van der Waals surface area contributed by atoms with Gasteiger partial charge in [-0.3, -0.25) is 0 Å². The minimum Gasteiger partial charge on any atom is -0.492 e. The zero-order valence-corrected chi connectivity index (χ0v) is 14.0. The van der Waals surface area contributed by atoms with Crippen molar-refractivity contribution in [3.8, 4) is 5.75 Å². The second-order valence-electron chi connectivity index (χ2n) is 5.65. The molecule has 0 radical (unpaired) electrons. The number of carbonyl (C=O) groups excluding carboxylic acids is 1. The van der Waals surface area contributed by atoms with Gasteiger partial charge in [-0.25, -0.2) is 4.79 Å². The fraction of sp³-hybridized carbons (Fsp3) is 0.136. The van der Waals surface area contributed by atoms with Crippen LogP contribution in [-0.4, -0.2) is 12.6 Å². The van der Waals surface area contributed by atoms with Crippen LogP contribution in [0, 0.1) is 0 Å². The summed E-state index contributed by atoms with van der Waals surface area (Å²) >= 11 is 0. The van der Waals surface area contributed by atoms with Gasteiger partial charge in [0.15, 0.2) is 0 Å². The van der Waals surface area contributed by atoms with Gasteiger partial charge in [0.05, 0.1) is 6.61 Å². The normalized spacial score (nSPS) is 10.4. The monoisotopic (exact) mass is 332 g/mol. The number of rotatable bonds is 7. The lowest BCUT2D eigenvalue weighted by Gasteiger charge is -2.14. The molecule has 0 N–H and O–H groups in total. The summed E-state index contributed by atoms with van der Waals surface area (Å²) in [6.45, 7) is 4.41. The summed E-state index contributed by atoms with van der Waals surface area (Å²) < 4.78 is 11.4. The van der Waals surface area contributed by atoms with Gasteiger partial charge < -0.3 is 9.47 Å². The summed E-state index contributed by atoms with van der Waals surface area (Å²) in [7, 11) is 0. The first-order valence-electron chi connectivity index (χ1n) is 8.26. The minimum absolute atomic E-state index is 0.235. The quantitative estimate of drug-likeness (QED) is 0.341. The number of fused-ring (bicyclic) bond motifs is 1. The Morgan fingerprint density at radius 1 is 0.960 bits per heavy atom. The van der Waals surface area contributed by atoms with E-state index in [1.54, 1.807) is 12.1 Å². The molecule has 0 unspecified atom stereocenters. The molecule has 0 aromatic heterocycles. The van der Waals surface area contributed by atoms with E-state index < -0.39 is 0 Å². The molecule has 0 fully saturated rings. The maximum absolute atomic E-state index is 12.6. The molecule has 0 heterocycles. The van der Waals surface area contributed by atoms with Crippen molar-refractivity contribution in [2.24, 2.45) is 0 Å². The van der Waals surface area contributed by atoms with E-state index in [2.05, 4.69) is 6.58 Å². The number of ether oxygens (including phenoxy) is 2. The molecule has 0 atom stereocenters. The molecule has 0 spiro atoms. The van der Waals surface area contributed by atoms with E-state index in [4.69, 9.17) is 9.47 Å². The number of carbonyl (C=O) groups is 1. The fourth-order valence-electron chi connectivity index (χ4n) is 2.60. The van der Waals surface area contributed by atoms with Crippen molar-refractivity contribution < 1.29 is 14.3 Å². The van der Waals surface area contributed by atoms with Crippen LogP contribution in [0.2, 0.25) is 0 Å². The van der Waals surface area contributed by atoms with Gasteiger partial charge in [-0.05, 0) is 23.4 Å². The molecule has 0 bridgehead atoms. The molecule has 3 aromatic rings. The van der Waals surface area contributed by atoms with Crippen LogP contribution in [-0.2, 0) is 11.3 Å². The first-order valence-corrected chi connectivity index (χ1v) is 8.26. The average Bonchev–Trinajstić information content (AvgIpc) is 2.67. The predicted octanol–water partition coefficient (Wildman–Crippen LogP) is 5.15. The first kappa shape index (κ1) is 16.8. The molecule has 25 heavy (non-hydrogen) atoms. The maximum Gasteiger partial charge on any atom is 0.342 e. The summed E-state index contributed by atoms with van der Waals surface area (Å²) in [4.78, 5) is 12.6.